The van der Waals surface area contributed by atoms with Crippen LogP contribution in [-0.4, -0.2) is 10.9 Å². The highest BCUT2D eigenvalue weighted by atomic mass is 15.1. The fourth-order valence-corrected chi connectivity index (χ4v) is 2.45. The van der Waals surface area contributed by atoms with Crippen molar-refractivity contribution in [3.63, 3.8) is 0 Å². The Labute approximate surface area is 142 Å². The van der Waals surface area contributed by atoms with Crippen LogP contribution >= 0.6 is 0 Å². The molecule has 120 valence electrons. The molecular formula is C20H20N4. The summed E-state index contributed by atoms with van der Waals surface area (Å²) in [7, 11) is 0. The smallest absolute Gasteiger partial charge is 0.199 e. The molecule has 3 aromatic rings. The lowest BCUT2D eigenvalue weighted by Gasteiger charge is -2.07. The molecule has 2 aromatic carbocycles. The molecule has 4 nitrogen and oxygen atoms in total. The molecule has 24 heavy (non-hydrogen) atoms. The Kier molecular flexibility index (Phi) is 4.87. The molecule has 1 heterocycles. The average molecular weight is 316 g/mol. The van der Waals surface area contributed by atoms with Gasteiger partial charge in [-0.05, 0) is 42.3 Å². The van der Waals surface area contributed by atoms with Gasteiger partial charge in [0.2, 0.25) is 0 Å². The average Bonchev–Trinajstić information content (AvgIpc) is 2.58. The van der Waals surface area contributed by atoms with Crippen LogP contribution < -0.4 is 11.1 Å². The first-order chi connectivity index (χ1) is 11.7. The number of nitrogens with zero attached hydrogens (tertiary/aromatic N) is 2. The number of hydrogen-bond donors (Lipinski definition) is 2. The van der Waals surface area contributed by atoms with Gasteiger partial charge in [0, 0.05) is 17.8 Å². The van der Waals surface area contributed by atoms with Crippen molar-refractivity contribution in [2.24, 2.45) is 10.7 Å². The molecule has 0 atom stereocenters. The van der Waals surface area contributed by atoms with Gasteiger partial charge in [0.15, 0.2) is 11.8 Å². The third-order valence-corrected chi connectivity index (χ3v) is 3.71. The van der Waals surface area contributed by atoms with Crippen LogP contribution in [-0.2, 0) is 6.42 Å². The molecule has 3 rings (SSSR count). The van der Waals surface area contributed by atoms with E-state index in [4.69, 9.17) is 5.73 Å². The molecule has 0 saturated heterocycles. The third-order valence-electron chi connectivity index (χ3n) is 3.71. The Morgan fingerprint density at radius 3 is 2.50 bits per heavy atom. The molecule has 1 aromatic heterocycles. The van der Waals surface area contributed by atoms with E-state index in [1.54, 1.807) is 0 Å². The van der Waals surface area contributed by atoms with Crippen LogP contribution in [0, 0.1) is 6.92 Å². The van der Waals surface area contributed by atoms with E-state index in [9.17, 15) is 0 Å². The molecule has 0 unspecified atom stereocenters. The first-order valence-corrected chi connectivity index (χ1v) is 7.87. The number of benzene rings is 2. The summed E-state index contributed by atoms with van der Waals surface area (Å²) in [4.78, 5) is 8.93. The number of guanidine groups is 1. The van der Waals surface area contributed by atoms with Crippen molar-refractivity contribution in [2.75, 3.05) is 5.32 Å². The van der Waals surface area contributed by atoms with Crippen molar-refractivity contribution in [3.05, 3.63) is 89.6 Å². The maximum Gasteiger partial charge on any atom is 0.199 e. The molecule has 0 saturated carbocycles. The Balaban J connectivity index is 1.75. The zero-order valence-corrected chi connectivity index (χ0v) is 13.6. The van der Waals surface area contributed by atoms with E-state index in [0.717, 1.165) is 17.8 Å². The quantitative estimate of drug-likeness (QED) is 0.564. The summed E-state index contributed by atoms with van der Waals surface area (Å²) in [5, 5.41) is 3.06. The summed E-state index contributed by atoms with van der Waals surface area (Å²) in [5.74, 6) is 0.920. The lowest BCUT2D eigenvalue weighted by atomic mass is 10.0. The third kappa shape index (κ3) is 4.20. The van der Waals surface area contributed by atoms with E-state index in [1.807, 2.05) is 60.7 Å². The Morgan fingerprint density at radius 2 is 1.71 bits per heavy atom. The van der Waals surface area contributed by atoms with E-state index < -0.39 is 0 Å². The number of aryl methyl sites for hydroxylation is 1. The van der Waals surface area contributed by atoms with Gasteiger partial charge >= 0.3 is 0 Å². The van der Waals surface area contributed by atoms with Crippen LogP contribution in [0.2, 0.25) is 0 Å². The van der Waals surface area contributed by atoms with E-state index in [1.165, 1.54) is 11.1 Å². The number of anilines is 1. The molecule has 0 spiro atoms. The first kappa shape index (κ1) is 15.7. The molecule has 0 aliphatic rings. The minimum Gasteiger partial charge on any atom is -0.369 e. The normalized spacial score (nSPS) is 11.3. The number of pyridine rings is 1. The van der Waals surface area contributed by atoms with Crippen molar-refractivity contribution in [3.8, 4) is 0 Å². The molecule has 0 radical (unpaired) electrons. The van der Waals surface area contributed by atoms with Crippen LogP contribution in [0.25, 0.3) is 0 Å². The highest BCUT2D eigenvalue weighted by molar-refractivity contribution is 5.93. The van der Waals surface area contributed by atoms with Gasteiger partial charge in [0.05, 0.1) is 0 Å². The van der Waals surface area contributed by atoms with Crippen LogP contribution in [0.3, 0.4) is 0 Å². The van der Waals surface area contributed by atoms with E-state index >= 15 is 0 Å². The zero-order valence-electron chi connectivity index (χ0n) is 13.6. The van der Waals surface area contributed by atoms with E-state index in [-0.39, 0.29) is 0 Å². The summed E-state index contributed by atoms with van der Waals surface area (Å²) in [6.07, 6.45) is 0.780. The Morgan fingerprint density at radius 1 is 0.958 bits per heavy atom. The topological polar surface area (TPSA) is 63.3 Å². The lowest BCUT2D eigenvalue weighted by Crippen LogP contribution is -2.21. The molecule has 3 N–H and O–H groups in total. The predicted molar refractivity (Wildman–Crippen MR) is 99.6 cm³/mol. The summed E-state index contributed by atoms with van der Waals surface area (Å²) in [6, 6.07) is 23.8. The minimum absolute atomic E-state index is 0.321. The van der Waals surface area contributed by atoms with Gasteiger partial charge in [-0.25, -0.2) is 4.98 Å². The summed E-state index contributed by atoms with van der Waals surface area (Å²) < 4.78 is 0. The number of aliphatic imine (C=N–C) groups is 1. The van der Waals surface area contributed by atoms with Gasteiger partial charge < -0.3 is 11.1 Å². The molecule has 0 bridgehead atoms. The number of nitrogens with one attached hydrogen (secondary N) is 1. The minimum atomic E-state index is 0.321. The van der Waals surface area contributed by atoms with Crippen LogP contribution in [0.4, 0.5) is 11.5 Å². The largest absolute Gasteiger partial charge is 0.369 e. The van der Waals surface area contributed by atoms with Crippen molar-refractivity contribution >= 4 is 17.5 Å². The summed E-state index contributed by atoms with van der Waals surface area (Å²) in [6.45, 7) is 2.11. The van der Waals surface area contributed by atoms with Crippen molar-refractivity contribution in [2.45, 2.75) is 13.3 Å². The van der Waals surface area contributed by atoms with Gasteiger partial charge in [-0.15, -0.1) is 0 Å². The molecule has 0 aliphatic heterocycles. The summed E-state index contributed by atoms with van der Waals surface area (Å²) >= 11 is 0. The van der Waals surface area contributed by atoms with Gasteiger partial charge in [-0.3, -0.25) is 0 Å². The fourth-order valence-electron chi connectivity index (χ4n) is 2.45. The van der Waals surface area contributed by atoms with Crippen LogP contribution in [0.15, 0.2) is 77.8 Å². The standard InChI is InChI=1S/C20H20N4/c1-15-8-5-6-9-16(15)14-18-12-7-13-19(22-18)24-20(21)23-17-10-3-2-4-11-17/h2-13H,14H2,1H3,(H3,21,22,23,24). The number of rotatable bonds is 4. The lowest BCUT2D eigenvalue weighted by molar-refractivity contribution is 1.05. The van der Waals surface area contributed by atoms with Crippen molar-refractivity contribution in [1.82, 2.24) is 4.98 Å². The monoisotopic (exact) mass is 316 g/mol. The number of hydrogen-bond acceptors (Lipinski definition) is 2. The highest BCUT2D eigenvalue weighted by Crippen LogP contribution is 2.15. The van der Waals surface area contributed by atoms with E-state index in [0.29, 0.717) is 11.8 Å². The molecule has 0 amide bonds. The van der Waals surface area contributed by atoms with Crippen molar-refractivity contribution < 1.29 is 0 Å². The van der Waals surface area contributed by atoms with E-state index in [2.05, 4.69) is 34.3 Å². The predicted octanol–water partition coefficient (Wildman–Crippen LogP) is 4.04. The van der Waals surface area contributed by atoms with Gasteiger partial charge in [0.1, 0.15) is 0 Å². The highest BCUT2D eigenvalue weighted by Gasteiger charge is 2.02. The SMILES string of the molecule is Cc1ccccc1Cc1cccc(/N=C(\N)Nc2ccccc2)n1. The number of nitrogens with two attached hydrogens (primary N) is 1. The summed E-state index contributed by atoms with van der Waals surface area (Å²) in [5.41, 5.74) is 10.4. The molecule has 4 heteroatoms. The number of aromatic nitrogens is 1. The fraction of sp³-hybridized carbons (Fsp3) is 0.100. The first-order valence-electron chi connectivity index (χ1n) is 7.87. The molecular weight excluding hydrogens is 296 g/mol. The molecule has 0 fully saturated rings. The second kappa shape index (κ2) is 7.42. The Bertz CT molecular complexity index is 841. The second-order valence-electron chi connectivity index (χ2n) is 5.58. The number of para-hydroxylation sites is 1. The maximum atomic E-state index is 5.96. The Hall–Kier alpha value is -3.14. The zero-order chi connectivity index (χ0) is 16.8. The maximum absolute atomic E-state index is 5.96. The van der Waals surface area contributed by atoms with Crippen molar-refractivity contribution in [1.29, 1.82) is 0 Å². The van der Waals surface area contributed by atoms with Gasteiger partial charge in [-0.1, -0.05) is 48.5 Å². The van der Waals surface area contributed by atoms with Gasteiger partial charge in [-0.2, -0.15) is 4.99 Å². The molecule has 0 aliphatic carbocycles. The van der Waals surface area contributed by atoms with Crippen LogP contribution in [0.1, 0.15) is 16.8 Å². The second-order valence-corrected chi connectivity index (χ2v) is 5.58. The van der Waals surface area contributed by atoms with Gasteiger partial charge in [0.25, 0.3) is 0 Å². The van der Waals surface area contributed by atoms with Crippen LogP contribution in [0.5, 0.6) is 0 Å².